The summed E-state index contributed by atoms with van der Waals surface area (Å²) < 4.78 is 5.46. The number of rotatable bonds is 6. The quantitative estimate of drug-likeness (QED) is 0.760. The van der Waals surface area contributed by atoms with E-state index in [4.69, 9.17) is 4.74 Å². The molecule has 3 heteroatoms. The molecule has 96 valence electrons. The predicted octanol–water partition coefficient (Wildman–Crippen LogP) is 2.89. The van der Waals surface area contributed by atoms with Gasteiger partial charge in [0.2, 0.25) is 5.91 Å². The second-order valence-electron chi connectivity index (χ2n) is 5.29. The van der Waals surface area contributed by atoms with E-state index in [9.17, 15) is 4.79 Å². The lowest BCUT2D eigenvalue weighted by Gasteiger charge is -2.32. The first-order chi connectivity index (χ1) is 7.28. The van der Waals surface area contributed by atoms with Gasteiger partial charge in [0.1, 0.15) is 6.61 Å². The Morgan fingerprint density at radius 1 is 1.06 bits per heavy atom. The van der Waals surface area contributed by atoms with Gasteiger partial charge >= 0.3 is 0 Å². The van der Waals surface area contributed by atoms with Gasteiger partial charge in [-0.25, -0.2) is 0 Å². The van der Waals surface area contributed by atoms with Crippen molar-refractivity contribution >= 4 is 5.91 Å². The zero-order chi connectivity index (χ0) is 12.8. The third-order valence-corrected chi connectivity index (χ3v) is 3.07. The summed E-state index contributed by atoms with van der Waals surface area (Å²) in [4.78, 5) is 11.7. The molecular weight excluding hydrogens is 202 g/mol. The molecule has 0 spiro atoms. The van der Waals surface area contributed by atoms with Crippen molar-refractivity contribution in [3.63, 3.8) is 0 Å². The fourth-order valence-corrected chi connectivity index (χ4v) is 1.63. The first kappa shape index (κ1) is 15.4. The largest absolute Gasteiger partial charge is 0.366 e. The lowest BCUT2D eigenvalue weighted by Crippen LogP contribution is -2.49. The molecule has 16 heavy (non-hydrogen) atoms. The van der Waals surface area contributed by atoms with E-state index in [0.29, 0.717) is 0 Å². The summed E-state index contributed by atoms with van der Waals surface area (Å²) in [5.41, 5.74) is -0.316. The second kappa shape index (κ2) is 6.24. The maximum Gasteiger partial charge on any atom is 0.246 e. The monoisotopic (exact) mass is 229 g/mol. The van der Waals surface area contributed by atoms with E-state index >= 15 is 0 Å². The maximum absolute atomic E-state index is 11.7. The first-order valence-corrected chi connectivity index (χ1v) is 6.23. The Kier molecular flexibility index (Phi) is 6.01. The van der Waals surface area contributed by atoms with Crippen molar-refractivity contribution in [2.24, 2.45) is 0 Å². The van der Waals surface area contributed by atoms with E-state index in [2.05, 4.69) is 26.1 Å². The van der Waals surface area contributed by atoms with Crippen LogP contribution in [0.25, 0.3) is 0 Å². The van der Waals surface area contributed by atoms with E-state index in [0.717, 1.165) is 19.3 Å². The van der Waals surface area contributed by atoms with Gasteiger partial charge in [0.05, 0.1) is 5.60 Å². The van der Waals surface area contributed by atoms with Gasteiger partial charge < -0.3 is 10.1 Å². The smallest absolute Gasteiger partial charge is 0.246 e. The zero-order valence-electron chi connectivity index (χ0n) is 11.6. The third-order valence-electron chi connectivity index (χ3n) is 3.07. The summed E-state index contributed by atoms with van der Waals surface area (Å²) in [5.74, 6) is -0.0134. The van der Waals surface area contributed by atoms with Crippen molar-refractivity contribution in [3.8, 4) is 0 Å². The van der Waals surface area contributed by atoms with Gasteiger partial charge in [-0.3, -0.25) is 4.79 Å². The zero-order valence-corrected chi connectivity index (χ0v) is 11.6. The van der Waals surface area contributed by atoms with Crippen molar-refractivity contribution in [1.29, 1.82) is 0 Å². The lowest BCUT2D eigenvalue weighted by atomic mass is 9.90. The molecule has 0 aromatic carbocycles. The van der Waals surface area contributed by atoms with Gasteiger partial charge in [0, 0.05) is 5.54 Å². The summed E-state index contributed by atoms with van der Waals surface area (Å²) in [6, 6.07) is 0. The Labute approximate surface area is 99.9 Å². The number of ether oxygens (including phenoxy) is 1. The summed E-state index contributed by atoms with van der Waals surface area (Å²) in [5, 5.41) is 3.09. The molecule has 0 bridgehead atoms. The molecule has 0 radical (unpaired) electrons. The molecule has 0 aliphatic heterocycles. The van der Waals surface area contributed by atoms with Crippen LogP contribution in [-0.4, -0.2) is 23.7 Å². The van der Waals surface area contributed by atoms with E-state index in [1.807, 2.05) is 20.8 Å². The lowest BCUT2D eigenvalue weighted by molar-refractivity contribution is -0.132. The van der Waals surface area contributed by atoms with Gasteiger partial charge in [0.25, 0.3) is 0 Å². The van der Waals surface area contributed by atoms with Crippen LogP contribution in [0.1, 0.15) is 60.8 Å². The maximum atomic E-state index is 11.7. The van der Waals surface area contributed by atoms with Crippen LogP contribution >= 0.6 is 0 Å². The molecule has 0 aliphatic rings. The number of carbonyl (C=O) groups excluding carboxylic acids is 1. The van der Waals surface area contributed by atoms with Crippen molar-refractivity contribution in [3.05, 3.63) is 0 Å². The highest BCUT2D eigenvalue weighted by Crippen LogP contribution is 2.19. The molecule has 0 rings (SSSR count). The van der Waals surface area contributed by atoms with Crippen LogP contribution in [0, 0.1) is 0 Å². The average Bonchev–Trinajstić information content (AvgIpc) is 2.22. The molecule has 3 nitrogen and oxygen atoms in total. The molecule has 1 amide bonds. The third kappa shape index (κ3) is 5.50. The highest BCUT2D eigenvalue weighted by molar-refractivity contribution is 5.78. The minimum Gasteiger partial charge on any atom is -0.366 e. The fraction of sp³-hybridized carbons (Fsp3) is 0.923. The number of carbonyl (C=O) groups is 1. The van der Waals surface area contributed by atoms with Crippen LogP contribution < -0.4 is 5.32 Å². The number of amides is 1. The van der Waals surface area contributed by atoms with Crippen molar-refractivity contribution < 1.29 is 9.53 Å². The molecule has 0 atom stereocenters. The van der Waals surface area contributed by atoms with E-state index in [1.165, 1.54) is 0 Å². The number of hydrogen-bond acceptors (Lipinski definition) is 2. The second-order valence-corrected chi connectivity index (χ2v) is 5.29. The summed E-state index contributed by atoms with van der Waals surface area (Å²) in [7, 11) is 0. The molecule has 0 heterocycles. The standard InChI is InChI=1S/C13H27NO2/c1-7-13(8-2,9-3)14-11(15)10-16-12(4,5)6/h7-10H2,1-6H3,(H,14,15). The van der Waals surface area contributed by atoms with Gasteiger partial charge in [-0.1, -0.05) is 20.8 Å². The van der Waals surface area contributed by atoms with E-state index in [-0.39, 0.29) is 23.7 Å². The molecule has 0 fully saturated rings. The van der Waals surface area contributed by atoms with Crippen LogP contribution in [0.2, 0.25) is 0 Å². The molecule has 0 unspecified atom stereocenters. The van der Waals surface area contributed by atoms with Gasteiger partial charge in [-0.15, -0.1) is 0 Å². The Balaban J connectivity index is 4.21. The van der Waals surface area contributed by atoms with E-state index in [1.54, 1.807) is 0 Å². The van der Waals surface area contributed by atoms with Gasteiger partial charge in [-0.05, 0) is 40.0 Å². The molecule has 0 aromatic heterocycles. The molecule has 0 saturated heterocycles. The minimum atomic E-state index is -0.259. The predicted molar refractivity (Wildman–Crippen MR) is 67.5 cm³/mol. The number of hydrogen-bond donors (Lipinski definition) is 1. The molecule has 0 aromatic rings. The molecule has 1 N–H and O–H groups in total. The van der Waals surface area contributed by atoms with Crippen molar-refractivity contribution in [2.45, 2.75) is 71.9 Å². The summed E-state index contributed by atoms with van der Waals surface area (Å²) in [6.07, 6.45) is 2.88. The fourth-order valence-electron chi connectivity index (χ4n) is 1.63. The Bertz CT molecular complexity index is 206. The Morgan fingerprint density at radius 3 is 1.81 bits per heavy atom. The Morgan fingerprint density at radius 2 is 1.50 bits per heavy atom. The SMILES string of the molecule is CCC(CC)(CC)NC(=O)COC(C)(C)C. The van der Waals surface area contributed by atoms with Crippen LogP contribution in [0.5, 0.6) is 0 Å². The Hall–Kier alpha value is -0.570. The molecule has 0 saturated carbocycles. The van der Waals surface area contributed by atoms with Crippen LogP contribution in [0.4, 0.5) is 0 Å². The normalized spacial score (nSPS) is 12.6. The number of nitrogens with one attached hydrogen (secondary N) is 1. The van der Waals surface area contributed by atoms with Gasteiger partial charge in [0.15, 0.2) is 0 Å². The topological polar surface area (TPSA) is 38.3 Å². The van der Waals surface area contributed by atoms with Crippen LogP contribution in [-0.2, 0) is 9.53 Å². The van der Waals surface area contributed by atoms with Gasteiger partial charge in [-0.2, -0.15) is 0 Å². The van der Waals surface area contributed by atoms with Crippen molar-refractivity contribution in [1.82, 2.24) is 5.32 Å². The average molecular weight is 229 g/mol. The van der Waals surface area contributed by atoms with Crippen LogP contribution in [0.3, 0.4) is 0 Å². The summed E-state index contributed by atoms with van der Waals surface area (Å²) >= 11 is 0. The molecule has 0 aliphatic carbocycles. The summed E-state index contributed by atoms with van der Waals surface area (Å²) in [6.45, 7) is 12.3. The van der Waals surface area contributed by atoms with Crippen LogP contribution in [0.15, 0.2) is 0 Å². The highest BCUT2D eigenvalue weighted by atomic mass is 16.5. The molecular formula is C13H27NO2. The van der Waals surface area contributed by atoms with E-state index < -0.39 is 0 Å². The highest BCUT2D eigenvalue weighted by Gasteiger charge is 2.26. The minimum absolute atomic E-state index is 0.0134. The first-order valence-electron chi connectivity index (χ1n) is 6.23. The van der Waals surface area contributed by atoms with Crippen molar-refractivity contribution in [2.75, 3.05) is 6.61 Å².